The van der Waals surface area contributed by atoms with Crippen LogP contribution in [0.5, 0.6) is 0 Å². The molecule has 1 amide bonds. The highest BCUT2D eigenvalue weighted by Gasteiger charge is 2.35. The Morgan fingerprint density at radius 1 is 1.15 bits per heavy atom. The average molecular weight is 456 g/mol. The third-order valence-corrected chi connectivity index (χ3v) is 7.12. The summed E-state index contributed by atoms with van der Waals surface area (Å²) in [4.78, 5) is 16.4. The minimum absolute atomic E-state index is 0.0800. The molecule has 6 heteroatoms. The molecule has 1 saturated carbocycles. The van der Waals surface area contributed by atoms with E-state index in [1.54, 1.807) is 0 Å². The molecular formula is C21H28BrClN2O2. The van der Waals surface area contributed by atoms with Crippen LogP contribution in [-0.2, 0) is 11.2 Å². The lowest BCUT2D eigenvalue weighted by atomic mass is 9.90. The summed E-state index contributed by atoms with van der Waals surface area (Å²) in [6.07, 6.45) is 7.01. The number of benzene rings is 1. The SMILES string of the molecule is O=C1OC(CCN2CCC(Cc3cc(Cl)ccc3Br)CC2)CN1CC1CC1. The second-order valence-corrected chi connectivity index (χ2v) is 9.66. The van der Waals surface area contributed by atoms with E-state index in [0.29, 0.717) is 5.92 Å². The van der Waals surface area contributed by atoms with E-state index < -0.39 is 0 Å². The molecule has 2 heterocycles. The molecule has 3 fully saturated rings. The van der Waals surface area contributed by atoms with Crippen molar-refractivity contribution in [3.05, 3.63) is 33.3 Å². The minimum atomic E-state index is -0.0993. The van der Waals surface area contributed by atoms with Crippen molar-refractivity contribution in [3.8, 4) is 0 Å². The fraction of sp³-hybridized carbons (Fsp3) is 0.667. The maximum Gasteiger partial charge on any atom is 0.410 e. The highest BCUT2D eigenvalue weighted by molar-refractivity contribution is 9.10. The van der Waals surface area contributed by atoms with Crippen LogP contribution in [-0.4, -0.2) is 54.7 Å². The van der Waals surface area contributed by atoms with E-state index in [0.717, 1.165) is 61.0 Å². The standard InChI is InChI=1S/C21H28BrClN2O2/c22-20-4-3-18(23)12-17(20)11-15-5-8-24(9-6-15)10-7-19-14-25(21(26)27-19)13-16-1-2-16/h3-4,12,15-16,19H,1-2,5-11,13-14H2. The lowest BCUT2D eigenvalue weighted by Crippen LogP contribution is -2.36. The number of amides is 1. The molecule has 1 atom stereocenters. The molecule has 3 aliphatic rings. The number of hydrogen-bond acceptors (Lipinski definition) is 3. The van der Waals surface area contributed by atoms with Crippen molar-refractivity contribution in [2.45, 2.75) is 44.6 Å². The number of carbonyl (C=O) groups excluding carboxylic acids is 1. The first kappa shape index (κ1) is 19.5. The smallest absolute Gasteiger partial charge is 0.410 e. The number of carbonyl (C=O) groups is 1. The first-order valence-corrected chi connectivity index (χ1v) is 11.4. The molecule has 1 unspecified atom stereocenters. The molecule has 4 nitrogen and oxygen atoms in total. The number of likely N-dealkylation sites (tertiary alicyclic amines) is 1. The summed E-state index contributed by atoms with van der Waals surface area (Å²) < 4.78 is 6.72. The van der Waals surface area contributed by atoms with E-state index in [-0.39, 0.29) is 12.2 Å². The number of ether oxygens (including phenoxy) is 1. The number of rotatable bonds is 7. The van der Waals surface area contributed by atoms with Gasteiger partial charge < -0.3 is 14.5 Å². The molecule has 0 bridgehead atoms. The summed E-state index contributed by atoms with van der Waals surface area (Å²) in [5, 5.41) is 0.812. The number of nitrogens with zero attached hydrogens (tertiary/aromatic N) is 2. The van der Waals surface area contributed by atoms with Crippen LogP contribution in [0.3, 0.4) is 0 Å². The molecule has 27 heavy (non-hydrogen) atoms. The van der Waals surface area contributed by atoms with Gasteiger partial charge in [-0.05, 0) is 87.2 Å². The lowest BCUT2D eigenvalue weighted by Gasteiger charge is -2.32. The summed E-state index contributed by atoms with van der Waals surface area (Å²) in [6, 6.07) is 6.06. The van der Waals surface area contributed by atoms with Gasteiger partial charge in [0.1, 0.15) is 6.10 Å². The normalized spacial score (nSPS) is 24.4. The first-order valence-electron chi connectivity index (χ1n) is 10.2. The van der Waals surface area contributed by atoms with Crippen molar-refractivity contribution < 1.29 is 9.53 Å². The van der Waals surface area contributed by atoms with Crippen molar-refractivity contribution in [1.82, 2.24) is 9.80 Å². The van der Waals surface area contributed by atoms with Crippen LogP contribution in [0.15, 0.2) is 22.7 Å². The Labute approximate surface area is 175 Å². The molecule has 1 aromatic carbocycles. The molecule has 0 spiro atoms. The predicted octanol–water partition coefficient (Wildman–Crippen LogP) is 4.98. The lowest BCUT2D eigenvalue weighted by molar-refractivity contribution is 0.113. The molecule has 2 aliphatic heterocycles. The molecule has 4 rings (SSSR count). The van der Waals surface area contributed by atoms with E-state index in [2.05, 4.69) is 26.9 Å². The van der Waals surface area contributed by atoms with Gasteiger partial charge in [0.2, 0.25) is 0 Å². The fourth-order valence-electron chi connectivity index (χ4n) is 4.24. The van der Waals surface area contributed by atoms with Crippen LogP contribution in [0.1, 0.15) is 37.7 Å². The number of piperidine rings is 1. The van der Waals surface area contributed by atoms with Crippen LogP contribution < -0.4 is 0 Å². The molecule has 1 aliphatic carbocycles. The first-order chi connectivity index (χ1) is 13.1. The quantitative estimate of drug-likeness (QED) is 0.581. The van der Waals surface area contributed by atoms with E-state index in [1.807, 2.05) is 17.0 Å². The zero-order valence-electron chi connectivity index (χ0n) is 15.7. The minimum Gasteiger partial charge on any atom is -0.444 e. The maximum absolute atomic E-state index is 11.9. The zero-order chi connectivity index (χ0) is 18.8. The number of halogens is 2. The van der Waals surface area contributed by atoms with Crippen LogP contribution >= 0.6 is 27.5 Å². The third kappa shape index (κ3) is 5.39. The summed E-state index contributed by atoms with van der Waals surface area (Å²) in [7, 11) is 0. The maximum atomic E-state index is 11.9. The van der Waals surface area contributed by atoms with E-state index >= 15 is 0 Å². The Balaban J connectivity index is 1.17. The molecule has 2 saturated heterocycles. The van der Waals surface area contributed by atoms with Gasteiger partial charge in [0.15, 0.2) is 0 Å². The summed E-state index contributed by atoms with van der Waals surface area (Å²) in [6.45, 7) is 4.99. The van der Waals surface area contributed by atoms with Gasteiger partial charge in [0.25, 0.3) is 0 Å². The van der Waals surface area contributed by atoms with Gasteiger partial charge in [-0.3, -0.25) is 0 Å². The number of cyclic esters (lactones) is 1. The molecule has 148 valence electrons. The molecule has 1 aromatic rings. The largest absolute Gasteiger partial charge is 0.444 e. The molecule has 0 radical (unpaired) electrons. The van der Waals surface area contributed by atoms with Crippen LogP contribution in [0.4, 0.5) is 4.79 Å². The van der Waals surface area contributed by atoms with Gasteiger partial charge >= 0.3 is 6.09 Å². The van der Waals surface area contributed by atoms with Gasteiger partial charge in [0, 0.05) is 22.6 Å². The molecule has 0 aromatic heterocycles. The Morgan fingerprint density at radius 3 is 2.67 bits per heavy atom. The third-order valence-electron chi connectivity index (χ3n) is 6.12. The Morgan fingerprint density at radius 2 is 1.93 bits per heavy atom. The fourth-order valence-corrected chi connectivity index (χ4v) is 4.84. The van der Waals surface area contributed by atoms with Gasteiger partial charge in [-0.2, -0.15) is 0 Å². The summed E-state index contributed by atoms with van der Waals surface area (Å²) in [5.41, 5.74) is 1.31. The number of hydrogen-bond donors (Lipinski definition) is 0. The van der Waals surface area contributed by atoms with E-state index in [9.17, 15) is 4.79 Å². The second-order valence-electron chi connectivity index (χ2n) is 8.37. The summed E-state index contributed by atoms with van der Waals surface area (Å²) in [5.74, 6) is 1.45. The van der Waals surface area contributed by atoms with Gasteiger partial charge in [-0.15, -0.1) is 0 Å². The Kier molecular flexibility index (Phi) is 6.30. The van der Waals surface area contributed by atoms with Crippen molar-refractivity contribution in [2.75, 3.05) is 32.7 Å². The molecule has 0 N–H and O–H groups in total. The van der Waals surface area contributed by atoms with Crippen LogP contribution in [0, 0.1) is 11.8 Å². The average Bonchev–Trinajstić information content (AvgIpc) is 3.40. The van der Waals surface area contributed by atoms with E-state index in [1.165, 1.54) is 31.2 Å². The van der Waals surface area contributed by atoms with Crippen molar-refractivity contribution in [1.29, 1.82) is 0 Å². The Bertz CT molecular complexity index is 674. The second kappa shape index (κ2) is 8.71. The highest BCUT2D eigenvalue weighted by atomic mass is 79.9. The van der Waals surface area contributed by atoms with E-state index in [4.69, 9.17) is 16.3 Å². The highest BCUT2D eigenvalue weighted by Crippen LogP contribution is 2.31. The van der Waals surface area contributed by atoms with Gasteiger partial charge in [-0.25, -0.2) is 4.79 Å². The zero-order valence-corrected chi connectivity index (χ0v) is 18.1. The monoisotopic (exact) mass is 454 g/mol. The van der Waals surface area contributed by atoms with Crippen LogP contribution in [0.2, 0.25) is 5.02 Å². The topological polar surface area (TPSA) is 32.8 Å². The summed E-state index contributed by atoms with van der Waals surface area (Å²) >= 11 is 9.79. The van der Waals surface area contributed by atoms with Gasteiger partial charge in [-0.1, -0.05) is 27.5 Å². The molecular weight excluding hydrogens is 428 g/mol. The van der Waals surface area contributed by atoms with Crippen molar-refractivity contribution >= 4 is 33.6 Å². The van der Waals surface area contributed by atoms with Crippen LogP contribution in [0.25, 0.3) is 0 Å². The predicted molar refractivity (Wildman–Crippen MR) is 111 cm³/mol. The Hall–Kier alpha value is -0.780. The van der Waals surface area contributed by atoms with Crippen molar-refractivity contribution in [2.24, 2.45) is 11.8 Å². The van der Waals surface area contributed by atoms with Crippen molar-refractivity contribution in [3.63, 3.8) is 0 Å². The van der Waals surface area contributed by atoms with Gasteiger partial charge in [0.05, 0.1) is 6.54 Å².